The van der Waals surface area contributed by atoms with Crippen LogP contribution < -0.4 is 10.6 Å². The van der Waals surface area contributed by atoms with Crippen LogP contribution in [-0.2, 0) is 4.79 Å². The molecule has 22 heavy (non-hydrogen) atoms. The van der Waals surface area contributed by atoms with Gasteiger partial charge in [-0.1, -0.05) is 0 Å². The second-order valence-corrected chi connectivity index (χ2v) is 5.07. The van der Waals surface area contributed by atoms with Crippen LogP contribution >= 0.6 is 0 Å². The topological polar surface area (TPSA) is 83.4 Å². The molecule has 0 bridgehead atoms. The van der Waals surface area contributed by atoms with E-state index in [4.69, 9.17) is 0 Å². The lowest BCUT2D eigenvalue weighted by Crippen LogP contribution is -2.14. The summed E-state index contributed by atoms with van der Waals surface area (Å²) >= 11 is 0. The summed E-state index contributed by atoms with van der Waals surface area (Å²) in [7, 11) is 0. The van der Waals surface area contributed by atoms with Crippen LogP contribution in [0.25, 0.3) is 0 Å². The predicted octanol–water partition coefficient (Wildman–Crippen LogP) is 3.71. The number of rotatable bonds is 5. The minimum atomic E-state index is -0.586. The predicted molar refractivity (Wildman–Crippen MR) is 80.7 cm³/mol. The maximum atomic E-state index is 13.8. The van der Waals surface area contributed by atoms with E-state index in [0.717, 1.165) is 18.9 Å². The number of aromatic nitrogens is 1. The zero-order valence-corrected chi connectivity index (χ0v) is 11.5. The molecule has 1 aromatic carbocycles. The van der Waals surface area contributed by atoms with E-state index in [9.17, 15) is 14.1 Å². The Bertz CT molecular complexity index is 731. The first-order valence-corrected chi connectivity index (χ1v) is 6.82. The monoisotopic (exact) mass is 300 g/mol. The Labute approximate surface area is 125 Å². The molecule has 7 heteroatoms. The first-order chi connectivity index (χ1) is 10.7. The third-order valence-electron chi connectivity index (χ3n) is 3.30. The summed E-state index contributed by atoms with van der Waals surface area (Å²) in [5, 5.41) is 8.27. The van der Waals surface area contributed by atoms with Gasteiger partial charge in [-0.3, -0.25) is 4.79 Å². The summed E-state index contributed by atoms with van der Waals surface area (Å²) in [4.78, 5) is 26.1. The molecule has 1 aliphatic rings. The Kier molecular flexibility index (Phi) is 3.78. The average molecular weight is 300 g/mol. The first-order valence-electron chi connectivity index (χ1n) is 6.82. The van der Waals surface area contributed by atoms with Crippen LogP contribution in [0.1, 0.15) is 12.8 Å². The van der Waals surface area contributed by atoms with E-state index in [2.05, 4.69) is 20.8 Å². The average Bonchev–Trinajstić information content (AvgIpc) is 3.34. The quantitative estimate of drug-likeness (QED) is 0.824. The van der Waals surface area contributed by atoms with E-state index in [-0.39, 0.29) is 23.2 Å². The Hall–Kier alpha value is -2.83. The lowest BCUT2D eigenvalue weighted by Gasteiger charge is -2.09. The summed E-state index contributed by atoms with van der Waals surface area (Å²) in [6.07, 6.45) is 3.34. The third kappa shape index (κ3) is 3.25. The Balaban J connectivity index is 1.74. The number of halogens is 1. The number of hydrogen-bond donors (Lipinski definition) is 2. The third-order valence-corrected chi connectivity index (χ3v) is 3.30. The molecule has 0 atom stereocenters. The van der Waals surface area contributed by atoms with Crippen molar-refractivity contribution in [2.45, 2.75) is 12.8 Å². The number of nitrogens with one attached hydrogen (secondary N) is 2. The molecular weight excluding hydrogens is 287 g/mol. The zero-order chi connectivity index (χ0) is 15.5. The number of carbonyl (C=O) groups is 1. The van der Waals surface area contributed by atoms with E-state index >= 15 is 0 Å². The fraction of sp³-hybridized carbons (Fsp3) is 0.200. The van der Waals surface area contributed by atoms with Crippen LogP contribution in [0.2, 0.25) is 0 Å². The normalized spacial score (nSPS) is 13.5. The van der Waals surface area contributed by atoms with Gasteiger partial charge in [-0.25, -0.2) is 9.37 Å². The summed E-state index contributed by atoms with van der Waals surface area (Å²) in [6, 6.07) is 7.15. The van der Waals surface area contributed by atoms with Crippen LogP contribution in [0.5, 0.6) is 0 Å². The fourth-order valence-corrected chi connectivity index (χ4v) is 1.97. The van der Waals surface area contributed by atoms with Gasteiger partial charge in [0, 0.05) is 29.9 Å². The van der Waals surface area contributed by atoms with Crippen molar-refractivity contribution >= 4 is 28.8 Å². The van der Waals surface area contributed by atoms with Crippen molar-refractivity contribution in [2.24, 2.45) is 11.1 Å². The molecule has 112 valence electrons. The lowest BCUT2D eigenvalue weighted by atomic mass is 10.2. The van der Waals surface area contributed by atoms with Crippen molar-refractivity contribution < 1.29 is 9.18 Å². The summed E-state index contributed by atoms with van der Waals surface area (Å²) < 4.78 is 13.8. The first kappa shape index (κ1) is 14.1. The molecule has 0 aliphatic heterocycles. The summed E-state index contributed by atoms with van der Waals surface area (Å²) in [5.41, 5.74) is 0.806. The highest BCUT2D eigenvalue weighted by Crippen LogP contribution is 2.30. The molecule has 1 aliphatic carbocycles. The molecule has 1 amide bonds. The van der Waals surface area contributed by atoms with Crippen LogP contribution in [-0.4, -0.2) is 10.9 Å². The molecule has 0 radical (unpaired) electrons. The number of nitrogens with zero attached hydrogens (tertiary/aromatic N) is 2. The molecule has 0 spiro atoms. The number of pyridine rings is 1. The molecule has 2 aromatic rings. The molecule has 3 rings (SSSR count). The second-order valence-electron chi connectivity index (χ2n) is 5.07. The van der Waals surface area contributed by atoms with Gasteiger partial charge in [-0.15, -0.1) is 4.91 Å². The van der Waals surface area contributed by atoms with Crippen LogP contribution in [0.15, 0.2) is 41.7 Å². The van der Waals surface area contributed by atoms with Crippen LogP contribution in [0.4, 0.5) is 27.3 Å². The van der Waals surface area contributed by atoms with Gasteiger partial charge in [0.2, 0.25) is 5.91 Å². The number of hydrogen-bond acceptors (Lipinski definition) is 5. The van der Waals surface area contributed by atoms with Gasteiger partial charge >= 0.3 is 0 Å². The minimum Gasteiger partial charge on any atom is -0.353 e. The Morgan fingerprint density at radius 1 is 1.27 bits per heavy atom. The molecule has 1 saturated carbocycles. The number of amides is 1. The minimum absolute atomic E-state index is 0.0233. The molecular formula is C15H13FN4O2. The molecule has 6 nitrogen and oxygen atoms in total. The van der Waals surface area contributed by atoms with E-state index in [1.165, 1.54) is 18.3 Å². The van der Waals surface area contributed by atoms with Crippen LogP contribution in [0.3, 0.4) is 0 Å². The van der Waals surface area contributed by atoms with E-state index in [1.807, 2.05) is 0 Å². The highest BCUT2D eigenvalue weighted by atomic mass is 19.1. The van der Waals surface area contributed by atoms with Gasteiger partial charge < -0.3 is 10.6 Å². The maximum absolute atomic E-state index is 13.8. The molecule has 1 heterocycles. The molecule has 1 aromatic heterocycles. The smallest absolute Gasteiger partial charge is 0.228 e. The molecule has 0 saturated heterocycles. The number of benzene rings is 1. The van der Waals surface area contributed by atoms with Gasteiger partial charge in [0.1, 0.15) is 17.3 Å². The number of anilines is 3. The SMILES string of the molecule is O=Nc1ccc(Nc2ccnc(NC(=O)C3CC3)c2)c(F)c1. The molecule has 2 N–H and O–H groups in total. The van der Waals surface area contributed by atoms with Crippen molar-refractivity contribution in [2.75, 3.05) is 10.6 Å². The summed E-state index contributed by atoms with van der Waals surface area (Å²) in [5.74, 6) is -0.137. The van der Waals surface area contributed by atoms with Crippen molar-refractivity contribution in [1.82, 2.24) is 4.98 Å². The Morgan fingerprint density at radius 2 is 2.09 bits per heavy atom. The van der Waals surface area contributed by atoms with Gasteiger partial charge in [0.15, 0.2) is 0 Å². The summed E-state index contributed by atoms with van der Waals surface area (Å²) in [6.45, 7) is 0. The number of carbonyl (C=O) groups excluding carboxylic acids is 1. The van der Waals surface area contributed by atoms with Gasteiger partial charge in [-0.05, 0) is 36.2 Å². The highest BCUT2D eigenvalue weighted by Gasteiger charge is 2.29. The van der Waals surface area contributed by atoms with Gasteiger partial charge in [-0.2, -0.15) is 0 Å². The molecule has 1 fully saturated rings. The van der Waals surface area contributed by atoms with Gasteiger partial charge in [0.25, 0.3) is 0 Å². The van der Waals surface area contributed by atoms with Crippen molar-refractivity contribution in [3.8, 4) is 0 Å². The molecule has 0 unspecified atom stereocenters. The largest absolute Gasteiger partial charge is 0.353 e. The highest BCUT2D eigenvalue weighted by molar-refractivity contribution is 5.93. The van der Waals surface area contributed by atoms with E-state index in [0.29, 0.717) is 11.5 Å². The van der Waals surface area contributed by atoms with Crippen molar-refractivity contribution in [3.05, 3.63) is 47.3 Å². The number of nitroso groups, excluding NO2 is 1. The van der Waals surface area contributed by atoms with Crippen molar-refractivity contribution in [3.63, 3.8) is 0 Å². The standard InChI is InChI=1S/C15H13FN4O2/c16-12-7-11(20-22)3-4-13(12)18-10-5-6-17-14(8-10)19-15(21)9-1-2-9/h3-9H,1-2H2,(H2,17,18,19,21). The maximum Gasteiger partial charge on any atom is 0.228 e. The van der Waals surface area contributed by atoms with Crippen molar-refractivity contribution in [1.29, 1.82) is 0 Å². The van der Waals surface area contributed by atoms with E-state index in [1.54, 1.807) is 12.1 Å². The van der Waals surface area contributed by atoms with Gasteiger partial charge in [0.05, 0.1) is 5.69 Å². The zero-order valence-electron chi connectivity index (χ0n) is 11.5. The fourth-order valence-electron chi connectivity index (χ4n) is 1.97. The second kappa shape index (κ2) is 5.88. The lowest BCUT2D eigenvalue weighted by molar-refractivity contribution is -0.117. The van der Waals surface area contributed by atoms with E-state index < -0.39 is 5.82 Å². The Morgan fingerprint density at radius 3 is 2.77 bits per heavy atom. The van der Waals surface area contributed by atoms with Crippen LogP contribution in [0, 0.1) is 16.6 Å².